The molecule has 0 aliphatic rings. The normalized spacial score (nSPS) is 13.1. The van der Waals surface area contributed by atoms with Crippen LogP contribution in [0.25, 0.3) is 0 Å². The van der Waals surface area contributed by atoms with Crippen LogP contribution >= 0.6 is 11.3 Å². The van der Waals surface area contributed by atoms with Crippen LogP contribution in [0.1, 0.15) is 28.3 Å². The number of rotatable bonds is 5. The number of sulfonamides is 1. The molecule has 0 saturated carbocycles. The molecule has 0 radical (unpaired) electrons. The number of hydrogen-bond donors (Lipinski definition) is 2. The summed E-state index contributed by atoms with van der Waals surface area (Å²) < 4.78 is 26.4. The van der Waals surface area contributed by atoms with Gasteiger partial charge in [0.25, 0.3) is 0 Å². The van der Waals surface area contributed by atoms with Crippen LogP contribution in [0, 0.1) is 13.8 Å². The van der Waals surface area contributed by atoms with Crippen LogP contribution in [0.5, 0.6) is 0 Å². The zero-order valence-corrected chi connectivity index (χ0v) is 14.2. The molecule has 0 spiro atoms. The smallest absolute Gasteiger partial charge is 0.240 e. The Balaban J connectivity index is 2.28. The number of nitrogens with one attached hydrogen (secondary N) is 2. The predicted octanol–water partition coefficient (Wildman–Crippen LogP) is 3.45. The van der Waals surface area contributed by atoms with Crippen molar-refractivity contribution >= 4 is 27.0 Å². The molecule has 4 nitrogen and oxygen atoms in total. The van der Waals surface area contributed by atoms with Gasteiger partial charge in [-0.2, -0.15) is 0 Å². The Labute approximate surface area is 130 Å². The quantitative estimate of drug-likeness (QED) is 0.885. The summed E-state index contributed by atoms with van der Waals surface area (Å²) >= 11 is 1.74. The van der Waals surface area contributed by atoms with Crippen molar-refractivity contribution in [2.75, 3.05) is 12.4 Å². The average Bonchev–Trinajstić information content (AvgIpc) is 2.87. The summed E-state index contributed by atoms with van der Waals surface area (Å²) in [4.78, 5) is 2.80. The first kappa shape index (κ1) is 16.0. The molecule has 1 unspecified atom stereocenters. The van der Waals surface area contributed by atoms with Crippen LogP contribution in [0.4, 0.5) is 5.69 Å². The van der Waals surface area contributed by atoms with Gasteiger partial charge in [-0.1, -0.05) is 6.07 Å². The molecule has 0 amide bonds. The van der Waals surface area contributed by atoms with Crippen molar-refractivity contribution in [1.82, 2.24) is 4.72 Å². The molecular formula is C15H20N2O2S2. The zero-order chi connectivity index (χ0) is 15.6. The van der Waals surface area contributed by atoms with Crippen LogP contribution in [0.15, 0.2) is 35.2 Å². The number of anilines is 1. The molecule has 1 aromatic carbocycles. The summed E-state index contributed by atoms with van der Waals surface area (Å²) in [7, 11) is -2.01. The fourth-order valence-corrected chi connectivity index (χ4v) is 3.97. The van der Waals surface area contributed by atoms with E-state index >= 15 is 0 Å². The van der Waals surface area contributed by atoms with Crippen LogP contribution in [-0.4, -0.2) is 15.5 Å². The van der Waals surface area contributed by atoms with Crippen LogP contribution in [-0.2, 0) is 10.0 Å². The summed E-state index contributed by atoms with van der Waals surface area (Å²) in [6.45, 7) is 5.93. The van der Waals surface area contributed by atoms with Gasteiger partial charge in [0.2, 0.25) is 10.0 Å². The SMILES string of the molecule is CNS(=O)(=O)c1cc(NC(C)c2ccc(C)s2)ccc1C. The Kier molecular flexibility index (Phi) is 4.70. The summed E-state index contributed by atoms with van der Waals surface area (Å²) in [5.41, 5.74) is 1.53. The Morgan fingerprint density at radius 3 is 2.43 bits per heavy atom. The highest BCUT2D eigenvalue weighted by molar-refractivity contribution is 7.89. The highest BCUT2D eigenvalue weighted by atomic mass is 32.2. The molecule has 2 rings (SSSR count). The van der Waals surface area contributed by atoms with Crippen molar-refractivity contribution in [2.24, 2.45) is 0 Å². The minimum absolute atomic E-state index is 0.136. The largest absolute Gasteiger partial charge is 0.378 e. The Hall–Kier alpha value is -1.37. The maximum Gasteiger partial charge on any atom is 0.240 e. The molecule has 2 aromatic rings. The second kappa shape index (κ2) is 6.17. The van der Waals surface area contributed by atoms with Gasteiger partial charge in [-0.25, -0.2) is 13.1 Å². The first-order chi connectivity index (χ1) is 9.83. The lowest BCUT2D eigenvalue weighted by atomic mass is 10.2. The van der Waals surface area contributed by atoms with Crippen molar-refractivity contribution in [3.8, 4) is 0 Å². The van der Waals surface area contributed by atoms with Crippen molar-refractivity contribution in [3.05, 3.63) is 45.6 Å². The van der Waals surface area contributed by atoms with Gasteiger partial charge >= 0.3 is 0 Å². The van der Waals surface area contributed by atoms with Crippen molar-refractivity contribution in [1.29, 1.82) is 0 Å². The second-order valence-electron chi connectivity index (χ2n) is 5.00. The second-order valence-corrected chi connectivity index (χ2v) is 8.18. The molecule has 0 fully saturated rings. The molecule has 1 aromatic heterocycles. The lowest BCUT2D eigenvalue weighted by Gasteiger charge is -2.15. The lowest BCUT2D eigenvalue weighted by molar-refractivity contribution is 0.587. The van der Waals surface area contributed by atoms with Crippen molar-refractivity contribution in [2.45, 2.75) is 31.7 Å². The topological polar surface area (TPSA) is 58.2 Å². The summed E-state index contributed by atoms with van der Waals surface area (Å²) in [6.07, 6.45) is 0. The molecule has 1 heterocycles. The van der Waals surface area contributed by atoms with E-state index in [1.54, 1.807) is 24.3 Å². The molecule has 21 heavy (non-hydrogen) atoms. The van der Waals surface area contributed by atoms with Gasteiger partial charge in [-0.05, 0) is 57.6 Å². The highest BCUT2D eigenvalue weighted by Gasteiger charge is 2.16. The molecular weight excluding hydrogens is 304 g/mol. The highest BCUT2D eigenvalue weighted by Crippen LogP contribution is 2.27. The summed E-state index contributed by atoms with van der Waals surface area (Å²) in [5.74, 6) is 0. The first-order valence-corrected chi connectivity index (χ1v) is 9.00. The lowest BCUT2D eigenvalue weighted by Crippen LogP contribution is -2.20. The van der Waals surface area contributed by atoms with Crippen LogP contribution in [0.3, 0.4) is 0 Å². The van der Waals surface area contributed by atoms with Gasteiger partial charge in [-0.3, -0.25) is 0 Å². The van der Waals surface area contributed by atoms with Gasteiger partial charge < -0.3 is 5.32 Å². The maximum atomic E-state index is 12.0. The van der Waals surface area contributed by atoms with Gasteiger partial charge in [0.15, 0.2) is 0 Å². The maximum absolute atomic E-state index is 12.0. The van der Waals surface area contributed by atoms with Gasteiger partial charge in [0.1, 0.15) is 0 Å². The monoisotopic (exact) mass is 324 g/mol. The fraction of sp³-hybridized carbons (Fsp3) is 0.333. The van der Waals surface area contributed by atoms with Crippen molar-refractivity contribution in [3.63, 3.8) is 0 Å². The number of hydrogen-bond acceptors (Lipinski definition) is 4. The van der Waals surface area contributed by atoms with E-state index in [4.69, 9.17) is 0 Å². The first-order valence-electron chi connectivity index (χ1n) is 6.70. The predicted molar refractivity (Wildman–Crippen MR) is 88.5 cm³/mol. The third-order valence-corrected chi connectivity index (χ3v) is 6.06. The van der Waals surface area contributed by atoms with Crippen molar-refractivity contribution < 1.29 is 8.42 Å². The number of aryl methyl sites for hydroxylation is 2. The van der Waals surface area contributed by atoms with Crippen LogP contribution < -0.4 is 10.0 Å². The number of benzene rings is 1. The Morgan fingerprint density at radius 1 is 1.14 bits per heavy atom. The molecule has 1 atom stereocenters. The van der Waals surface area contributed by atoms with E-state index in [-0.39, 0.29) is 6.04 Å². The molecule has 0 bridgehead atoms. The van der Waals surface area contributed by atoms with Crippen LogP contribution in [0.2, 0.25) is 0 Å². The molecule has 0 saturated heterocycles. The number of thiophene rings is 1. The van der Waals surface area contributed by atoms with E-state index in [9.17, 15) is 8.42 Å². The molecule has 6 heteroatoms. The molecule has 2 N–H and O–H groups in total. The van der Waals surface area contributed by atoms with E-state index in [1.165, 1.54) is 16.8 Å². The van der Waals surface area contributed by atoms with Gasteiger partial charge in [0, 0.05) is 15.4 Å². The third-order valence-electron chi connectivity index (χ3n) is 3.32. The summed E-state index contributed by atoms with van der Waals surface area (Å²) in [5, 5.41) is 3.35. The molecule has 0 aliphatic carbocycles. The summed E-state index contributed by atoms with van der Waals surface area (Å²) in [6, 6.07) is 9.72. The standard InChI is InChI=1S/C15H20N2O2S2/c1-10-5-7-13(9-15(10)21(18,19)16-4)17-12(3)14-8-6-11(2)20-14/h5-9,12,16-17H,1-4H3. The van der Waals surface area contributed by atoms with E-state index < -0.39 is 10.0 Å². The minimum Gasteiger partial charge on any atom is -0.378 e. The fourth-order valence-electron chi connectivity index (χ4n) is 2.10. The molecule has 114 valence electrons. The third kappa shape index (κ3) is 3.64. The Morgan fingerprint density at radius 2 is 1.86 bits per heavy atom. The van der Waals surface area contributed by atoms with Gasteiger partial charge in [0.05, 0.1) is 10.9 Å². The minimum atomic E-state index is -3.44. The van der Waals surface area contributed by atoms with E-state index in [2.05, 4.69) is 36.0 Å². The molecule has 0 aliphatic heterocycles. The van der Waals surface area contributed by atoms with Gasteiger partial charge in [-0.15, -0.1) is 11.3 Å². The average molecular weight is 324 g/mol. The Bertz CT molecular complexity index is 736. The van der Waals surface area contributed by atoms with E-state index in [0.717, 1.165) is 11.3 Å². The van der Waals surface area contributed by atoms with E-state index in [1.807, 2.05) is 12.1 Å². The zero-order valence-electron chi connectivity index (χ0n) is 12.6. The van der Waals surface area contributed by atoms with E-state index in [0.29, 0.717) is 4.90 Å².